The van der Waals surface area contributed by atoms with Crippen LogP contribution in [0.3, 0.4) is 0 Å². The van der Waals surface area contributed by atoms with Gasteiger partial charge in [0.25, 0.3) is 5.91 Å². The number of rotatable bonds is 8. The molecule has 0 saturated heterocycles. The number of fused-ring (bicyclic) bond motifs is 1. The van der Waals surface area contributed by atoms with Crippen molar-refractivity contribution in [1.29, 1.82) is 0 Å². The third-order valence-electron chi connectivity index (χ3n) is 5.85. The Bertz CT molecular complexity index is 1360. The molecule has 4 aromatic carbocycles. The molecule has 7 heteroatoms. The van der Waals surface area contributed by atoms with E-state index in [2.05, 4.69) is 5.32 Å². The summed E-state index contributed by atoms with van der Waals surface area (Å²) < 4.78 is 33.4. The molecule has 1 aliphatic heterocycles. The van der Waals surface area contributed by atoms with Gasteiger partial charge in [-0.1, -0.05) is 66.7 Å². The van der Waals surface area contributed by atoms with Gasteiger partial charge in [0.05, 0.1) is 6.10 Å². The van der Waals surface area contributed by atoms with Gasteiger partial charge in [0.2, 0.25) is 5.28 Å². The van der Waals surface area contributed by atoms with Crippen LogP contribution in [0.15, 0.2) is 109 Å². The highest BCUT2D eigenvalue weighted by Crippen LogP contribution is 2.67. The van der Waals surface area contributed by atoms with Crippen LogP contribution < -0.4 is 19.1 Å². The van der Waals surface area contributed by atoms with E-state index in [0.29, 0.717) is 33.9 Å². The Morgan fingerprint density at radius 3 is 1.78 bits per heavy atom. The molecule has 6 nitrogen and oxygen atoms in total. The average molecular weight is 500 g/mol. The van der Waals surface area contributed by atoms with Gasteiger partial charge in [-0.25, -0.2) is 4.57 Å². The van der Waals surface area contributed by atoms with Crippen molar-refractivity contribution in [2.75, 3.05) is 0 Å². The second-order valence-electron chi connectivity index (χ2n) is 8.71. The molecule has 0 saturated carbocycles. The number of carbonyl (C=O) groups is 1. The van der Waals surface area contributed by atoms with Gasteiger partial charge in [-0.2, -0.15) is 0 Å². The topological polar surface area (TPSA) is 73.9 Å². The van der Waals surface area contributed by atoms with E-state index in [1.165, 1.54) is 0 Å². The van der Waals surface area contributed by atoms with E-state index in [9.17, 15) is 4.79 Å². The maximum atomic E-state index is 15.2. The van der Waals surface area contributed by atoms with Crippen LogP contribution in [0.4, 0.5) is 0 Å². The molecular formula is C29H26NO5P. The van der Waals surface area contributed by atoms with Gasteiger partial charge < -0.3 is 19.1 Å². The summed E-state index contributed by atoms with van der Waals surface area (Å²) in [6.45, 7) is 3.89. The zero-order valence-corrected chi connectivity index (χ0v) is 20.9. The molecular weight excluding hydrogens is 473 g/mol. The molecule has 0 spiro atoms. The van der Waals surface area contributed by atoms with E-state index < -0.39 is 12.9 Å². The van der Waals surface area contributed by atoms with Crippen LogP contribution in [0.5, 0.6) is 17.2 Å². The van der Waals surface area contributed by atoms with E-state index in [0.717, 1.165) is 0 Å². The Labute approximate surface area is 210 Å². The summed E-state index contributed by atoms with van der Waals surface area (Å²) in [5, 5.41) is 1.39. The summed E-state index contributed by atoms with van der Waals surface area (Å²) in [7, 11) is -4.25. The third kappa shape index (κ3) is 4.25. The zero-order valence-electron chi connectivity index (χ0n) is 20.0. The molecule has 1 atom stereocenters. The smallest absolute Gasteiger partial charge is 0.465 e. The minimum absolute atomic E-state index is 0.00866. The van der Waals surface area contributed by atoms with Crippen molar-refractivity contribution in [3.8, 4) is 17.2 Å². The fraction of sp³-hybridized carbons (Fsp3) is 0.138. The van der Waals surface area contributed by atoms with Crippen LogP contribution in [-0.2, 0) is 9.85 Å². The fourth-order valence-corrected chi connectivity index (χ4v) is 6.64. The van der Waals surface area contributed by atoms with Gasteiger partial charge in [0.15, 0.2) is 0 Å². The summed E-state index contributed by atoms with van der Waals surface area (Å²) in [5.74, 6) is 1.01. The lowest BCUT2D eigenvalue weighted by atomic mass is 9.97. The normalized spacial score (nSPS) is 16.8. The SMILES string of the molecule is CC(C)Oc1ccc([C@]2(P(=O)(Oc3ccccc3)Oc3ccccc3)NC(=O)c3ccccc32)cc1. The Balaban J connectivity index is 1.74. The quantitative estimate of drug-likeness (QED) is 0.271. The molecule has 1 N–H and O–H groups in total. The Hall–Kier alpha value is -4.02. The molecule has 0 fully saturated rings. The Morgan fingerprint density at radius 2 is 1.22 bits per heavy atom. The molecule has 0 radical (unpaired) electrons. The molecule has 5 rings (SSSR count). The molecule has 182 valence electrons. The van der Waals surface area contributed by atoms with Crippen molar-refractivity contribution in [1.82, 2.24) is 5.32 Å². The monoisotopic (exact) mass is 499 g/mol. The van der Waals surface area contributed by atoms with Crippen LogP contribution in [0, 0.1) is 0 Å². The van der Waals surface area contributed by atoms with Gasteiger partial charge >= 0.3 is 7.60 Å². The minimum Gasteiger partial charge on any atom is -0.491 e. The first-order valence-corrected chi connectivity index (χ1v) is 13.2. The average Bonchev–Trinajstić information content (AvgIpc) is 3.19. The lowest BCUT2D eigenvalue weighted by molar-refractivity contribution is 0.0949. The summed E-state index contributed by atoms with van der Waals surface area (Å²) in [6.07, 6.45) is -0.00866. The van der Waals surface area contributed by atoms with E-state index in [4.69, 9.17) is 13.8 Å². The van der Waals surface area contributed by atoms with Crippen LogP contribution in [-0.4, -0.2) is 12.0 Å². The van der Waals surface area contributed by atoms with Gasteiger partial charge in [-0.15, -0.1) is 0 Å². The summed E-state index contributed by atoms with van der Waals surface area (Å²) in [6, 6.07) is 31.9. The Kier molecular flexibility index (Phi) is 6.29. The molecule has 4 aromatic rings. The van der Waals surface area contributed by atoms with Crippen LogP contribution >= 0.6 is 7.60 Å². The highest BCUT2D eigenvalue weighted by Gasteiger charge is 2.62. The number of carbonyl (C=O) groups excluding carboxylic acids is 1. The predicted molar refractivity (Wildman–Crippen MR) is 139 cm³/mol. The summed E-state index contributed by atoms with van der Waals surface area (Å²) >= 11 is 0. The molecule has 1 aliphatic rings. The zero-order chi connectivity index (χ0) is 25.2. The van der Waals surface area contributed by atoms with Crippen molar-refractivity contribution in [2.24, 2.45) is 0 Å². The number of ether oxygens (including phenoxy) is 1. The second kappa shape index (κ2) is 9.56. The van der Waals surface area contributed by atoms with Crippen LogP contribution in [0.25, 0.3) is 0 Å². The lowest BCUT2D eigenvalue weighted by Crippen LogP contribution is -2.43. The van der Waals surface area contributed by atoms with Crippen molar-refractivity contribution in [2.45, 2.75) is 25.2 Å². The number of hydrogen-bond donors (Lipinski definition) is 1. The summed E-state index contributed by atoms with van der Waals surface area (Å²) in [5.41, 5.74) is 1.48. The highest BCUT2D eigenvalue weighted by atomic mass is 31.2. The molecule has 36 heavy (non-hydrogen) atoms. The minimum atomic E-state index is -4.25. The molecule has 0 unspecified atom stereocenters. The molecule has 1 heterocycles. The van der Waals surface area contributed by atoms with Crippen molar-refractivity contribution >= 4 is 13.5 Å². The molecule has 0 bridgehead atoms. The summed E-state index contributed by atoms with van der Waals surface area (Å²) in [4.78, 5) is 13.3. The first-order valence-electron chi connectivity index (χ1n) is 11.7. The Morgan fingerprint density at radius 1 is 0.694 bits per heavy atom. The van der Waals surface area contributed by atoms with Gasteiger partial charge in [-0.3, -0.25) is 4.79 Å². The van der Waals surface area contributed by atoms with Crippen molar-refractivity contribution in [3.63, 3.8) is 0 Å². The van der Waals surface area contributed by atoms with Gasteiger partial charge in [0.1, 0.15) is 17.2 Å². The van der Waals surface area contributed by atoms with E-state index in [-0.39, 0.29) is 12.0 Å². The van der Waals surface area contributed by atoms with Crippen LogP contribution in [0.2, 0.25) is 0 Å². The first kappa shape index (κ1) is 23.7. The van der Waals surface area contributed by atoms with Crippen molar-refractivity contribution < 1.29 is 23.1 Å². The number of hydrogen-bond acceptors (Lipinski definition) is 5. The maximum absolute atomic E-state index is 15.2. The molecule has 0 aromatic heterocycles. The first-order chi connectivity index (χ1) is 17.4. The largest absolute Gasteiger partial charge is 0.491 e. The molecule has 1 amide bonds. The lowest BCUT2D eigenvalue weighted by Gasteiger charge is -2.37. The van der Waals surface area contributed by atoms with Crippen LogP contribution in [0.1, 0.15) is 35.3 Å². The van der Waals surface area contributed by atoms with Gasteiger partial charge in [0, 0.05) is 11.1 Å². The standard InChI is InChI=1S/C29H26NO5P/c1-21(2)33-23-19-17-22(18-20-23)29(27-16-10-9-15-26(27)28(31)30-29)36(32,34-24-11-5-3-6-12-24)35-25-13-7-4-8-14-25/h3-21H,1-2H3,(H,30,31)/t29-/m1/s1. The molecule has 0 aliphatic carbocycles. The maximum Gasteiger partial charge on any atom is 0.465 e. The third-order valence-corrected chi connectivity index (χ3v) is 8.18. The predicted octanol–water partition coefficient (Wildman–Crippen LogP) is 6.77. The highest BCUT2D eigenvalue weighted by molar-refractivity contribution is 7.56. The second-order valence-corrected chi connectivity index (χ2v) is 10.7. The van der Waals surface area contributed by atoms with Gasteiger partial charge in [-0.05, 0) is 61.9 Å². The number of benzene rings is 4. The fourth-order valence-electron chi connectivity index (χ4n) is 4.34. The van der Waals surface area contributed by atoms with E-state index in [1.54, 1.807) is 97.1 Å². The van der Waals surface area contributed by atoms with Crippen molar-refractivity contribution in [3.05, 3.63) is 126 Å². The van der Waals surface area contributed by atoms with E-state index in [1.807, 2.05) is 26.0 Å². The number of amides is 1. The van der Waals surface area contributed by atoms with E-state index >= 15 is 4.57 Å². The number of nitrogens with one attached hydrogen (secondary N) is 1. The number of para-hydroxylation sites is 2.